The monoisotopic (exact) mass is 432 g/mol. The molecular formula is C20H21ClN4O3S. The topological polar surface area (TPSA) is 84.3 Å². The van der Waals surface area contributed by atoms with Gasteiger partial charge in [0.2, 0.25) is 10.0 Å². The molecule has 29 heavy (non-hydrogen) atoms. The number of benzene rings is 2. The first kappa shape index (κ1) is 19.7. The van der Waals surface area contributed by atoms with E-state index >= 15 is 0 Å². The van der Waals surface area contributed by atoms with Crippen molar-refractivity contribution in [2.24, 2.45) is 7.05 Å². The fraction of sp³-hybridized carbons (Fsp3) is 0.300. The lowest BCUT2D eigenvalue weighted by Gasteiger charge is -2.29. The van der Waals surface area contributed by atoms with Gasteiger partial charge < -0.3 is 9.88 Å². The van der Waals surface area contributed by atoms with Crippen LogP contribution in [-0.2, 0) is 23.6 Å². The maximum Gasteiger partial charge on any atom is 0.251 e. The van der Waals surface area contributed by atoms with Gasteiger partial charge in [-0.05, 0) is 43.2 Å². The Kier molecular flexibility index (Phi) is 5.23. The van der Waals surface area contributed by atoms with Gasteiger partial charge in [0.1, 0.15) is 5.82 Å². The van der Waals surface area contributed by atoms with E-state index in [-0.39, 0.29) is 18.2 Å². The molecule has 3 aromatic rings. The number of rotatable bonds is 4. The Hall–Kier alpha value is -2.58. The third-order valence-electron chi connectivity index (χ3n) is 5.11. The van der Waals surface area contributed by atoms with Crippen molar-refractivity contribution >= 4 is 44.3 Å². The maximum atomic E-state index is 12.7. The summed E-state index contributed by atoms with van der Waals surface area (Å²) in [5, 5.41) is 3.16. The molecule has 1 N–H and O–H groups in total. The minimum Gasteiger partial charge on any atom is -0.345 e. The number of nitrogens with zero attached hydrogens (tertiary/aromatic N) is 3. The molecule has 1 fully saturated rings. The van der Waals surface area contributed by atoms with E-state index in [1.54, 1.807) is 12.1 Å². The van der Waals surface area contributed by atoms with E-state index in [9.17, 15) is 13.2 Å². The number of nitrogens with one attached hydrogen (secondary N) is 1. The SMILES string of the molecule is Cn1c(CNC(=O)c2ccc(Cl)c(N3CCCCS3(=O)=O)c2)nc2ccccc21. The summed E-state index contributed by atoms with van der Waals surface area (Å²) in [7, 11) is -1.51. The van der Waals surface area contributed by atoms with E-state index in [4.69, 9.17) is 11.6 Å². The second-order valence-corrected chi connectivity index (χ2v) is 9.44. The van der Waals surface area contributed by atoms with Gasteiger partial charge in [0.25, 0.3) is 5.91 Å². The minimum atomic E-state index is -3.41. The van der Waals surface area contributed by atoms with Crippen LogP contribution in [0.5, 0.6) is 0 Å². The van der Waals surface area contributed by atoms with Crippen molar-refractivity contribution in [2.45, 2.75) is 19.4 Å². The highest BCUT2D eigenvalue weighted by atomic mass is 35.5. The molecule has 4 rings (SSSR count). The summed E-state index contributed by atoms with van der Waals surface area (Å²) in [6.07, 6.45) is 1.40. The van der Waals surface area contributed by atoms with E-state index in [2.05, 4.69) is 10.3 Å². The van der Waals surface area contributed by atoms with Crippen LogP contribution >= 0.6 is 11.6 Å². The maximum absolute atomic E-state index is 12.7. The number of halogens is 1. The number of para-hydroxylation sites is 2. The molecule has 0 aliphatic carbocycles. The van der Waals surface area contributed by atoms with Gasteiger partial charge in [-0.2, -0.15) is 0 Å². The fourth-order valence-electron chi connectivity index (χ4n) is 3.52. The van der Waals surface area contributed by atoms with E-state index < -0.39 is 10.0 Å². The standard InChI is InChI=1S/C20H21ClN4O3S/c1-24-17-7-3-2-6-16(17)23-19(24)13-22-20(26)14-8-9-15(21)18(12-14)25-10-4-5-11-29(25,27)28/h2-3,6-9,12H,4-5,10-11,13H2,1H3,(H,22,26). The molecule has 1 aliphatic rings. The van der Waals surface area contributed by atoms with Crippen molar-refractivity contribution in [1.29, 1.82) is 0 Å². The molecule has 0 radical (unpaired) electrons. The lowest BCUT2D eigenvalue weighted by molar-refractivity contribution is 0.0949. The highest BCUT2D eigenvalue weighted by Crippen LogP contribution is 2.31. The lowest BCUT2D eigenvalue weighted by Crippen LogP contribution is -2.38. The van der Waals surface area contributed by atoms with Crippen LogP contribution in [0.2, 0.25) is 5.02 Å². The summed E-state index contributed by atoms with van der Waals surface area (Å²) in [4.78, 5) is 17.2. The van der Waals surface area contributed by atoms with Crippen LogP contribution in [0.1, 0.15) is 29.0 Å². The number of aryl methyl sites for hydroxylation is 1. The van der Waals surface area contributed by atoms with Crippen molar-refractivity contribution in [3.63, 3.8) is 0 Å². The van der Waals surface area contributed by atoms with Gasteiger partial charge in [-0.3, -0.25) is 9.10 Å². The zero-order valence-corrected chi connectivity index (χ0v) is 17.5. The molecule has 1 saturated heterocycles. The van der Waals surface area contributed by atoms with Gasteiger partial charge in [0.15, 0.2) is 0 Å². The van der Waals surface area contributed by atoms with Crippen molar-refractivity contribution in [2.75, 3.05) is 16.6 Å². The number of fused-ring (bicyclic) bond motifs is 1. The Morgan fingerprint density at radius 2 is 2.00 bits per heavy atom. The van der Waals surface area contributed by atoms with E-state index in [0.29, 0.717) is 29.2 Å². The average Bonchev–Trinajstić information content (AvgIpc) is 3.02. The van der Waals surface area contributed by atoms with Crippen LogP contribution in [0, 0.1) is 0 Å². The number of hydrogen-bond donors (Lipinski definition) is 1. The number of hydrogen-bond acceptors (Lipinski definition) is 4. The second kappa shape index (κ2) is 7.68. The smallest absolute Gasteiger partial charge is 0.251 e. The molecule has 0 atom stereocenters. The zero-order valence-electron chi connectivity index (χ0n) is 15.9. The molecule has 9 heteroatoms. The van der Waals surface area contributed by atoms with Gasteiger partial charge in [0.05, 0.1) is 34.0 Å². The molecule has 1 aromatic heterocycles. The molecule has 152 valence electrons. The van der Waals surface area contributed by atoms with Crippen molar-refractivity contribution in [1.82, 2.24) is 14.9 Å². The highest BCUT2D eigenvalue weighted by molar-refractivity contribution is 7.92. The van der Waals surface area contributed by atoms with Crippen LogP contribution in [0.4, 0.5) is 5.69 Å². The first-order chi connectivity index (χ1) is 13.9. The number of anilines is 1. The third kappa shape index (κ3) is 3.82. The van der Waals surface area contributed by atoms with Gasteiger partial charge in [-0.1, -0.05) is 23.7 Å². The molecule has 0 spiro atoms. The molecule has 0 unspecified atom stereocenters. The van der Waals surface area contributed by atoms with Crippen molar-refractivity contribution in [3.8, 4) is 0 Å². The molecular weight excluding hydrogens is 412 g/mol. The minimum absolute atomic E-state index is 0.0898. The third-order valence-corrected chi connectivity index (χ3v) is 7.29. The Morgan fingerprint density at radius 3 is 2.76 bits per heavy atom. The number of amides is 1. The lowest BCUT2D eigenvalue weighted by atomic mass is 10.1. The Bertz CT molecular complexity index is 1190. The first-order valence-corrected chi connectivity index (χ1v) is 11.3. The van der Waals surface area contributed by atoms with Gasteiger partial charge in [-0.25, -0.2) is 13.4 Å². The first-order valence-electron chi connectivity index (χ1n) is 9.35. The average molecular weight is 433 g/mol. The predicted octanol–water partition coefficient (Wildman–Crippen LogP) is 3.09. The van der Waals surface area contributed by atoms with Gasteiger partial charge in [0, 0.05) is 19.2 Å². The number of imidazole rings is 1. The summed E-state index contributed by atoms with van der Waals surface area (Å²) < 4.78 is 28.0. The highest BCUT2D eigenvalue weighted by Gasteiger charge is 2.28. The molecule has 1 aliphatic heterocycles. The molecule has 2 aromatic carbocycles. The largest absolute Gasteiger partial charge is 0.345 e. The molecule has 7 nitrogen and oxygen atoms in total. The van der Waals surface area contributed by atoms with Gasteiger partial charge in [-0.15, -0.1) is 0 Å². The Balaban J connectivity index is 1.55. The summed E-state index contributed by atoms with van der Waals surface area (Å²) in [6, 6.07) is 12.4. The number of carbonyl (C=O) groups is 1. The van der Waals surface area contributed by atoms with Crippen molar-refractivity contribution in [3.05, 3.63) is 58.9 Å². The van der Waals surface area contributed by atoms with E-state index in [1.165, 1.54) is 10.4 Å². The molecule has 0 saturated carbocycles. The van der Waals surface area contributed by atoms with Crippen LogP contribution in [0.15, 0.2) is 42.5 Å². The predicted molar refractivity (Wildman–Crippen MR) is 114 cm³/mol. The summed E-state index contributed by atoms with van der Waals surface area (Å²) in [5.74, 6) is 0.503. The normalized spacial score (nSPS) is 16.1. The van der Waals surface area contributed by atoms with Crippen LogP contribution < -0.4 is 9.62 Å². The second-order valence-electron chi connectivity index (χ2n) is 7.02. The van der Waals surface area contributed by atoms with E-state index in [1.807, 2.05) is 35.9 Å². The molecule has 0 bridgehead atoms. The number of sulfonamides is 1. The van der Waals surface area contributed by atoms with Crippen molar-refractivity contribution < 1.29 is 13.2 Å². The number of aromatic nitrogens is 2. The fourth-order valence-corrected chi connectivity index (χ4v) is 5.44. The van der Waals surface area contributed by atoms with Crippen LogP contribution in [0.25, 0.3) is 11.0 Å². The Labute approximate surface area is 174 Å². The molecule has 1 amide bonds. The summed E-state index contributed by atoms with van der Waals surface area (Å²) in [6.45, 7) is 0.622. The van der Waals surface area contributed by atoms with Crippen LogP contribution in [-0.4, -0.2) is 36.2 Å². The molecule has 2 heterocycles. The summed E-state index contributed by atoms with van der Waals surface area (Å²) in [5.41, 5.74) is 2.55. The summed E-state index contributed by atoms with van der Waals surface area (Å²) >= 11 is 6.25. The quantitative estimate of drug-likeness (QED) is 0.686. The number of carbonyl (C=O) groups excluding carboxylic acids is 1. The van der Waals surface area contributed by atoms with E-state index in [0.717, 1.165) is 23.3 Å². The zero-order chi connectivity index (χ0) is 20.6. The van der Waals surface area contributed by atoms with Gasteiger partial charge >= 0.3 is 0 Å². The van der Waals surface area contributed by atoms with Crippen LogP contribution in [0.3, 0.4) is 0 Å². The Morgan fingerprint density at radius 1 is 1.21 bits per heavy atom.